The van der Waals surface area contributed by atoms with Gasteiger partial charge < -0.3 is 15.4 Å². The summed E-state index contributed by atoms with van der Waals surface area (Å²) in [6.45, 7) is 3.81. The summed E-state index contributed by atoms with van der Waals surface area (Å²) >= 11 is 0. The van der Waals surface area contributed by atoms with Crippen molar-refractivity contribution in [2.75, 3.05) is 23.8 Å². The number of nitrogens with zero attached hydrogens (tertiary/aromatic N) is 1. The van der Waals surface area contributed by atoms with E-state index in [2.05, 4.69) is 42.2 Å². The maximum Gasteiger partial charge on any atom is 0.123 e. The first kappa shape index (κ1) is 20.3. The summed E-state index contributed by atoms with van der Waals surface area (Å²) in [5.41, 5.74) is 11.6. The Labute approximate surface area is 178 Å². The molecule has 30 heavy (non-hydrogen) atoms. The lowest BCUT2D eigenvalue weighted by molar-refractivity contribution is 0.309. The molecule has 1 aliphatic rings. The van der Waals surface area contributed by atoms with Gasteiger partial charge in [0.05, 0.1) is 12.6 Å². The Balaban J connectivity index is 1.65. The van der Waals surface area contributed by atoms with Crippen LogP contribution in [0.3, 0.4) is 0 Å². The van der Waals surface area contributed by atoms with Gasteiger partial charge in [0, 0.05) is 17.9 Å². The summed E-state index contributed by atoms with van der Waals surface area (Å²) < 4.78 is 19.4. The van der Waals surface area contributed by atoms with Crippen molar-refractivity contribution in [1.29, 1.82) is 0 Å². The van der Waals surface area contributed by atoms with E-state index in [-0.39, 0.29) is 11.9 Å². The molecular weight excluding hydrogens is 375 g/mol. The van der Waals surface area contributed by atoms with Crippen LogP contribution >= 0.6 is 0 Å². The molecule has 0 radical (unpaired) electrons. The second-order valence-electron chi connectivity index (χ2n) is 7.94. The lowest BCUT2D eigenvalue weighted by Gasteiger charge is -2.39. The summed E-state index contributed by atoms with van der Waals surface area (Å²) in [6, 6.07) is 21.6. The summed E-state index contributed by atoms with van der Waals surface area (Å²) in [7, 11) is 0. The van der Waals surface area contributed by atoms with Gasteiger partial charge in [0.1, 0.15) is 11.6 Å². The van der Waals surface area contributed by atoms with Gasteiger partial charge >= 0.3 is 0 Å². The molecule has 1 heterocycles. The number of unbranched alkanes of at least 4 members (excludes halogenated alkanes) is 1. The maximum absolute atomic E-state index is 13.5. The third-order valence-electron chi connectivity index (χ3n) is 5.81. The summed E-state index contributed by atoms with van der Waals surface area (Å²) in [6.07, 6.45) is 3.99. The molecule has 4 heteroatoms. The molecule has 0 saturated carbocycles. The number of ether oxygens (including phenoxy) is 1. The fourth-order valence-electron chi connectivity index (χ4n) is 4.15. The average molecular weight is 405 g/mol. The molecule has 1 aliphatic heterocycles. The van der Waals surface area contributed by atoms with Crippen LogP contribution in [0.1, 0.15) is 42.5 Å². The number of benzene rings is 3. The highest BCUT2D eigenvalue weighted by molar-refractivity contribution is 5.54. The first-order valence-electron chi connectivity index (χ1n) is 10.8. The van der Waals surface area contributed by atoms with Crippen molar-refractivity contribution in [3.63, 3.8) is 0 Å². The monoisotopic (exact) mass is 404 g/mol. The third kappa shape index (κ3) is 4.59. The number of hydrogen-bond acceptors (Lipinski definition) is 3. The fourth-order valence-corrected chi connectivity index (χ4v) is 4.15. The Bertz CT molecular complexity index is 969. The highest BCUT2D eigenvalue weighted by Crippen LogP contribution is 2.37. The van der Waals surface area contributed by atoms with E-state index < -0.39 is 0 Å². The SMILES string of the molecule is CCCCOc1ccc2c(c1)CCN(c1ccc(F)cc1)C2Cc1ccc(N)cc1. The van der Waals surface area contributed by atoms with E-state index in [9.17, 15) is 4.39 Å². The molecule has 0 bridgehead atoms. The second-order valence-corrected chi connectivity index (χ2v) is 7.94. The van der Waals surface area contributed by atoms with E-state index in [1.807, 2.05) is 24.3 Å². The van der Waals surface area contributed by atoms with Crippen molar-refractivity contribution in [2.24, 2.45) is 0 Å². The van der Waals surface area contributed by atoms with Crippen LogP contribution in [0.5, 0.6) is 5.75 Å². The van der Waals surface area contributed by atoms with Gasteiger partial charge in [0.25, 0.3) is 0 Å². The number of rotatable bonds is 7. The third-order valence-corrected chi connectivity index (χ3v) is 5.81. The van der Waals surface area contributed by atoms with Gasteiger partial charge in [-0.2, -0.15) is 0 Å². The Morgan fingerprint density at radius 2 is 1.80 bits per heavy atom. The Kier molecular flexibility index (Phi) is 6.22. The first-order valence-corrected chi connectivity index (χ1v) is 10.8. The molecule has 3 nitrogen and oxygen atoms in total. The lowest BCUT2D eigenvalue weighted by atomic mass is 9.88. The van der Waals surface area contributed by atoms with Crippen molar-refractivity contribution in [3.8, 4) is 5.75 Å². The van der Waals surface area contributed by atoms with E-state index in [0.29, 0.717) is 0 Å². The zero-order chi connectivity index (χ0) is 20.9. The molecule has 3 aromatic rings. The molecule has 1 atom stereocenters. The van der Waals surface area contributed by atoms with Crippen molar-refractivity contribution in [1.82, 2.24) is 0 Å². The van der Waals surface area contributed by atoms with Crippen LogP contribution in [-0.4, -0.2) is 13.2 Å². The van der Waals surface area contributed by atoms with Crippen molar-refractivity contribution in [2.45, 2.75) is 38.6 Å². The van der Waals surface area contributed by atoms with Crippen LogP contribution < -0.4 is 15.4 Å². The molecule has 0 amide bonds. The molecule has 1 unspecified atom stereocenters. The van der Waals surface area contributed by atoms with Gasteiger partial charge in [-0.15, -0.1) is 0 Å². The van der Waals surface area contributed by atoms with Crippen LogP contribution in [0.15, 0.2) is 66.7 Å². The second kappa shape index (κ2) is 9.21. The normalized spacial score (nSPS) is 15.7. The van der Waals surface area contributed by atoms with Crippen molar-refractivity contribution >= 4 is 11.4 Å². The van der Waals surface area contributed by atoms with Gasteiger partial charge in [0.2, 0.25) is 0 Å². The van der Waals surface area contributed by atoms with E-state index >= 15 is 0 Å². The molecule has 0 spiro atoms. The van der Waals surface area contributed by atoms with Gasteiger partial charge in [0.15, 0.2) is 0 Å². The Hall–Kier alpha value is -3.01. The molecule has 4 rings (SSSR count). The molecule has 0 fully saturated rings. The number of nitrogens with two attached hydrogens (primary N) is 1. The minimum atomic E-state index is -0.208. The van der Waals surface area contributed by atoms with Crippen LogP contribution in [0.25, 0.3) is 0 Å². The summed E-state index contributed by atoms with van der Waals surface area (Å²) in [5, 5.41) is 0. The lowest BCUT2D eigenvalue weighted by Crippen LogP contribution is -2.36. The first-order chi connectivity index (χ1) is 14.6. The fraction of sp³-hybridized carbons (Fsp3) is 0.308. The number of fused-ring (bicyclic) bond motifs is 1. The van der Waals surface area contributed by atoms with E-state index in [0.717, 1.165) is 56.0 Å². The summed E-state index contributed by atoms with van der Waals surface area (Å²) in [5.74, 6) is 0.740. The highest BCUT2D eigenvalue weighted by Gasteiger charge is 2.28. The van der Waals surface area contributed by atoms with E-state index in [1.54, 1.807) is 0 Å². The molecule has 2 N–H and O–H groups in total. The smallest absolute Gasteiger partial charge is 0.123 e. The predicted octanol–water partition coefficient (Wildman–Crippen LogP) is 5.93. The average Bonchev–Trinajstić information content (AvgIpc) is 2.76. The maximum atomic E-state index is 13.5. The van der Waals surface area contributed by atoms with E-state index in [4.69, 9.17) is 10.5 Å². The minimum absolute atomic E-state index is 0.174. The number of halogens is 1. The summed E-state index contributed by atoms with van der Waals surface area (Å²) in [4.78, 5) is 2.38. The van der Waals surface area contributed by atoms with Crippen molar-refractivity contribution < 1.29 is 9.13 Å². The van der Waals surface area contributed by atoms with Gasteiger partial charge in [-0.05, 0) is 84.5 Å². The van der Waals surface area contributed by atoms with Gasteiger partial charge in [-0.3, -0.25) is 0 Å². The number of anilines is 2. The molecule has 156 valence electrons. The molecule has 0 aliphatic carbocycles. The van der Waals surface area contributed by atoms with Gasteiger partial charge in [-0.25, -0.2) is 4.39 Å². The zero-order valence-corrected chi connectivity index (χ0v) is 17.5. The largest absolute Gasteiger partial charge is 0.494 e. The van der Waals surface area contributed by atoms with E-state index in [1.165, 1.54) is 28.8 Å². The quantitative estimate of drug-likeness (QED) is 0.392. The van der Waals surface area contributed by atoms with Crippen molar-refractivity contribution in [3.05, 3.63) is 89.2 Å². The topological polar surface area (TPSA) is 38.5 Å². The van der Waals surface area contributed by atoms with Gasteiger partial charge in [-0.1, -0.05) is 31.5 Å². The number of hydrogen-bond donors (Lipinski definition) is 1. The van der Waals surface area contributed by atoms with Crippen LogP contribution in [0.2, 0.25) is 0 Å². The highest BCUT2D eigenvalue weighted by atomic mass is 19.1. The number of nitrogen functional groups attached to an aromatic ring is 1. The van der Waals surface area contributed by atoms with Crippen LogP contribution in [-0.2, 0) is 12.8 Å². The Morgan fingerprint density at radius 3 is 2.53 bits per heavy atom. The Morgan fingerprint density at radius 1 is 1.03 bits per heavy atom. The molecule has 0 saturated heterocycles. The predicted molar refractivity (Wildman–Crippen MR) is 122 cm³/mol. The standard InChI is InChI=1S/C26H29FN2O/c1-2-3-16-30-24-12-13-25-20(18-24)14-15-29(23-10-6-21(27)7-11-23)26(25)17-19-4-8-22(28)9-5-19/h4-13,18,26H,2-3,14-17,28H2,1H3. The zero-order valence-electron chi connectivity index (χ0n) is 17.5. The molecule has 0 aromatic heterocycles. The van der Waals surface area contributed by atoms with Crippen LogP contribution in [0, 0.1) is 5.82 Å². The van der Waals surface area contributed by atoms with Crippen LogP contribution in [0.4, 0.5) is 15.8 Å². The molecule has 3 aromatic carbocycles. The molecular formula is C26H29FN2O. The minimum Gasteiger partial charge on any atom is -0.494 e.